The Labute approximate surface area is 98.7 Å². The smallest absolute Gasteiger partial charge is 0.0233 e. The van der Waals surface area contributed by atoms with E-state index < -0.39 is 0 Å². The summed E-state index contributed by atoms with van der Waals surface area (Å²) >= 11 is 0. The lowest BCUT2D eigenvalue weighted by atomic mass is 10.1. The Morgan fingerprint density at radius 3 is 2.50 bits per heavy atom. The Kier molecular flexibility index (Phi) is 3.97. The Morgan fingerprint density at radius 1 is 1.25 bits per heavy atom. The third-order valence-electron chi connectivity index (χ3n) is 3.32. The van der Waals surface area contributed by atoms with Gasteiger partial charge in [-0.3, -0.25) is 4.90 Å². The molecule has 0 bridgehead atoms. The van der Waals surface area contributed by atoms with E-state index in [2.05, 4.69) is 41.4 Å². The summed E-state index contributed by atoms with van der Waals surface area (Å²) in [6.45, 7) is 6.94. The van der Waals surface area contributed by atoms with Crippen molar-refractivity contribution in [2.75, 3.05) is 20.1 Å². The van der Waals surface area contributed by atoms with Crippen LogP contribution in [0.15, 0.2) is 24.3 Å². The van der Waals surface area contributed by atoms with Gasteiger partial charge in [-0.25, -0.2) is 0 Å². The maximum absolute atomic E-state index is 3.17. The van der Waals surface area contributed by atoms with Crippen LogP contribution in [0.2, 0.25) is 0 Å². The van der Waals surface area contributed by atoms with E-state index in [9.17, 15) is 0 Å². The molecule has 1 saturated heterocycles. The third-order valence-corrected chi connectivity index (χ3v) is 3.32. The summed E-state index contributed by atoms with van der Waals surface area (Å²) < 4.78 is 0. The van der Waals surface area contributed by atoms with Gasteiger partial charge in [0.05, 0.1) is 0 Å². The number of hydrogen-bond acceptors (Lipinski definition) is 2. The zero-order chi connectivity index (χ0) is 11.4. The first kappa shape index (κ1) is 11.6. The topological polar surface area (TPSA) is 15.3 Å². The lowest BCUT2D eigenvalue weighted by Gasteiger charge is -2.15. The first-order valence-corrected chi connectivity index (χ1v) is 6.22. The minimum Gasteiger partial charge on any atom is -0.316 e. The molecule has 1 heterocycles. The van der Waals surface area contributed by atoms with Crippen molar-refractivity contribution in [1.82, 2.24) is 10.2 Å². The summed E-state index contributed by atoms with van der Waals surface area (Å²) in [4.78, 5) is 2.55. The van der Waals surface area contributed by atoms with Gasteiger partial charge in [0.15, 0.2) is 0 Å². The van der Waals surface area contributed by atoms with Gasteiger partial charge in [0.25, 0.3) is 0 Å². The minimum atomic E-state index is 0.878. The van der Waals surface area contributed by atoms with Crippen molar-refractivity contribution in [3.8, 4) is 0 Å². The molecule has 1 unspecified atom stereocenters. The van der Waals surface area contributed by atoms with Crippen LogP contribution in [0.4, 0.5) is 0 Å². The highest BCUT2D eigenvalue weighted by Crippen LogP contribution is 2.17. The molecule has 2 rings (SSSR count). The highest BCUT2D eigenvalue weighted by Gasteiger charge is 2.18. The molecule has 0 aromatic heterocycles. The summed E-state index contributed by atoms with van der Waals surface area (Å²) in [6.07, 6.45) is 1.36. The second-order valence-corrected chi connectivity index (χ2v) is 4.98. The van der Waals surface area contributed by atoms with E-state index in [1.807, 2.05) is 7.05 Å². The number of nitrogens with zero attached hydrogens (tertiary/aromatic N) is 1. The van der Waals surface area contributed by atoms with Gasteiger partial charge < -0.3 is 5.32 Å². The molecule has 0 amide bonds. The quantitative estimate of drug-likeness (QED) is 0.834. The van der Waals surface area contributed by atoms with Crippen molar-refractivity contribution in [2.24, 2.45) is 5.92 Å². The summed E-state index contributed by atoms with van der Waals surface area (Å²) in [5.41, 5.74) is 2.80. The fourth-order valence-electron chi connectivity index (χ4n) is 2.39. The van der Waals surface area contributed by atoms with Crippen LogP contribution in [0.1, 0.15) is 24.5 Å². The Hall–Kier alpha value is -0.860. The highest BCUT2D eigenvalue weighted by molar-refractivity contribution is 5.22. The van der Waals surface area contributed by atoms with Crippen LogP contribution in [0, 0.1) is 5.92 Å². The number of nitrogens with one attached hydrogen (secondary N) is 1. The van der Waals surface area contributed by atoms with E-state index in [1.54, 1.807) is 0 Å². The molecule has 2 heteroatoms. The number of rotatable bonds is 4. The van der Waals surface area contributed by atoms with Crippen LogP contribution in [0.25, 0.3) is 0 Å². The predicted octanol–water partition coefficient (Wildman–Crippen LogP) is 2.25. The third kappa shape index (κ3) is 3.06. The fraction of sp³-hybridized carbons (Fsp3) is 0.571. The zero-order valence-electron chi connectivity index (χ0n) is 10.4. The molecule has 16 heavy (non-hydrogen) atoms. The SMILES string of the molecule is CNCc1ccc(CN2CCC(C)C2)cc1. The number of likely N-dealkylation sites (tertiary alicyclic amines) is 1. The van der Waals surface area contributed by atoms with E-state index in [4.69, 9.17) is 0 Å². The van der Waals surface area contributed by atoms with Gasteiger partial charge in [0.1, 0.15) is 0 Å². The highest BCUT2D eigenvalue weighted by atomic mass is 15.1. The maximum atomic E-state index is 3.17. The summed E-state index contributed by atoms with van der Waals surface area (Å²) in [7, 11) is 1.99. The molecule has 0 aliphatic carbocycles. The molecular weight excluding hydrogens is 196 g/mol. The van der Waals surface area contributed by atoms with E-state index in [0.29, 0.717) is 0 Å². The van der Waals surface area contributed by atoms with Gasteiger partial charge in [-0.1, -0.05) is 31.2 Å². The standard InChI is InChI=1S/C14H22N2/c1-12-7-8-16(10-12)11-14-5-3-13(4-6-14)9-15-2/h3-6,12,15H,7-11H2,1-2H3. The molecule has 2 nitrogen and oxygen atoms in total. The molecule has 0 spiro atoms. The zero-order valence-corrected chi connectivity index (χ0v) is 10.4. The van der Waals surface area contributed by atoms with Crippen LogP contribution < -0.4 is 5.32 Å². The average Bonchev–Trinajstić information content (AvgIpc) is 2.67. The number of benzene rings is 1. The molecule has 1 N–H and O–H groups in total. The van der Waals surface area contributed by atoms with Crippen LogP contribution in [-0.2, 0) is 13.1 Å². The molecule has 1 atom stereocenters. The van der Waals surface area contributed by atoms with Crippen molar-refractivity contribution in [2.45, 2.75) is 26.4 Å². The summed E-state index contributed by atoms with van der Waals surface area (Å²) in [6, 6.07) is 8.97. The number of hydrogen-bond donors (Lipinski definition) is 1. The van der Waals surface area contributed by atoms with Crippen molar-refractivity contribution >= 4 is 0 Å². The largest absolute Gasteiger partial charge is 0.316 e. The molecule has 1 fully saturated rings. The van der Waals surface area contributed by atoms with Crippen LogP contribution in [-0.4, -0.2) is 25.0 Å². The minimum absolute atomic E-state index is 0.878. The maximum Gasteiger partial charge on any atom is 0.0233 e. The van der Waals surface area contributed by atoms with Crippen molar-refractivity contribution in [3.63, 3.8) is 0 Å². The van der Waals surface area contributed by atoms with Gasteiger partial charge in [0, 0.05) is 19.6 Å². The van der Waals surface area contributed by atoms with Crippen molar-refractivity contribution in [1.29, 1.82) is 0 Å². The van der Waals surface area contributed by atoms with E-state index in [0.717, 1.165) is 19.0 Å². The van der Waals surface area contributed by atoms with Crippen LogP contribution in [0.5, 0.6) is 0 Å². The van der Waals surface area contributed by atoms with Gasteiger partial charge >= 0.3 is 0 Å². The second kappa shape index (κ2) is 5.46. The molecule has 1 aromatic rings. The Bertz CT molecular complexity index is 318. The van der Waals surface area contributed by atoms with Gasteiger partial charge in [-0.15, -0.1) is 0 Å². The van der Waals surface area contributed by atoms with E-state index in [-0.39, 0.29) is 0 Å². The predicted molar refractivity (Wildman–Crippen MR) is 68.3 cm³/mol. The molecule has 1 aromatic carbocycles. The molecule has 1 aliphatic rings. The van der Waals surface area contributed by atoms with E-state index in [1.165, 1.54) is 30.6 Å². The van der Waals surface area contributed by atoms with Crippen LogP contribution >= 0.6 is 0 Å². The Balaban J connectivity index is 1.89. The molecule has 88 valence electrons. The first-order valence-electron chi connectivity index (χ1n) is 6.22. The molecule has 0 radical (unpaired) electrons. The van der Waals surface area contributed by atoms with Gasteiger partial charge in [-0.2, -0.15) is 0 Å². The van der Waals surface area contributed by atoms with Gasteiger partial charge in [0.2, 0.25) is 0 Å². The lowest BCUT2D eigenvalue weighted by molar-refractivity contribution is 0.320. The Morgan fingerprint density at radius 2 is 1.94 bits per heavy atom. The first-order chi connectivity index (χ1) is 7.78. The van der Waals surface area contributed by atoms with Gasteiger partial charge in [-0.05, 0) is 37.1 Å². The molecule has 1 aliphatic heterocycles. The van der Waals surface area contributed by atoms with Crippen molar-refractivity contribution in [3.05, 3.63) is 35.4 Å². The second-order valence-electron chi connectivity index (χ2n) is 4.98. The fourth-order valence-corrected chi connectivity index (χ4v) is 2.39. The average molecular weight is 218 g/mol. The van der Waals surface area contributed by atoms with Crippen LogP contribution in [0.3, 0.4) is 0 Å². The lowest BCUT2D eigenvalue weighted by Crippen LogP contribution is -2.19. The molecular formula is C14H22N2. The van der Waals surface area contributed by atoms with E-state index >= 15 is 0 Å². The monoisotopic (exact) mass is 218 g/mol. The summed E-state index contributed by atoms with van der Waals surface area (Å²) in [5, 5.41) is 3.17. The van der Waals surface area contributed by atoms with Crippen molar-refractivity contribution < 1.29 is 0 Å². The normalized spacial score (nSPS) is 21.5. The molecule has 0 saturated carbocycles. The summed E-state index contributed by atoms with van der Waals surface area (Å²) in [5.74, 6) is 0.878.